The molecule has 2 N–H and O–H groups in total. The average molecular weight is 764 g/mol. The van der Waals surface area contributed by atoms with E-state index in [1.807, 2.05) is 48.5 Å². The van der Waals surface area contributed by atoms with Gasteiger partial charge in [0.05, 0.1) is 11.1 Å². The molecule has 8 amide bonds. The number of amides is 8. The molecule has 0 saturated carbocycles. The number of benzene rings is 2. The largest absolute Gasteiger partial charge is 0.371 e. The number of carbonyl (C=O) groups excluding carboxylic acids is 7. The zero-order valence-electron chi connectivity index (χ0n) is 31.3. The van der Waals surface area contributed by atoms with Crippen molar-refractivity contribution >= 4 is 58.5 Å². The quantitative estimate of drug-likeness (QED) is 0.357. The number of rotatable bonds is 6. The van der Waals surface area contributed by atoms with Crippen LogP contribution in [0.25, 0.3) is 0 Å². The second-order valence-corrected chi connectivity index (χ2v) is 15.0. The summed E-state index contributed by atoms with van der Waals surface area (Å²) in [6.45, 7) is 5.59. The van der Waals surface area contributed by atoms with Gasteiger partial charge < -0.3 is 34.4 Å². The van der Waals surface area contributed by atoms with E-state index in [0.717, 1.165) is 42.2 Å². The standard InChI is InChI=1S/C40H45N9O7/c1-43-14-2-3-33(43)39(55)47-21-23-48(24-22-47)40(56)41-27-4-6-28(7-5-27)44-15-12-26(13-16-44)36(52)46-19-17-45(18-20-46)29-8-9-30-31(25-29)38(54)49(37(30)53)32-10-11-34(50)42-35(32)51/h2-9,14,25-26,32H,10-13,15-24H2,1H3,(H,41,56)(H,42,50,51). The Labute approximate surface area is 323 Å². The van der Waals surface area contributed by atoms with Gasteiger partial charge in [0, 0.05) is 108 Å². The predicted octanol–water partition coefficient (Wildman–Crippen LogP) is 1.98. The Balaban J connectivity index is 0.780. The summed E-state index contributed by atoms with van der Waals surface area (Å²) in [4.78, 5) is 101. The summed E-state index contributed by atoms with van der Waals surface area (Å²) in [5.41, 5.74) is 3.62. The third-order valence-corrected chi connectivity index (χ3v) is 11.7. The summed E-state index contributed by atoms with van der Waals surface area (Å²) in [5.74, 6) is -2.07. The van der Waals surface area contributed by atoms with Crippen molar-refractivity contribution in [2.75, 3.05) is 80.6 Å². The number of nitrogens with zero attached hydrogens (tertiary/aromatic N) is 7. The molecule has 0 radical (unpaired) electrons. The lowest BCUT2D eigenvalue weighted by molar-refractivity contribution is -0.137. The SMILES string of the molecule is Cn1cccc1C(=O)N1CCN(C(=O)Nc2ccc(N3CCC(C(=O)N4CCN(c5ccc6c(c5)C(=O)N(C5CCC(=O)NC5=O)C6=O)CC4)CC3)cc2)CC1. The van der Waals surface area contributed by atoms with E-state index in [2.05, 4.69) is 20.4 Å². The number of imide groups is 2. The molecule has 2 aromatic carbocycles. The van der Waals surface area contributed by atoms with Crippen molar-refractivity contribution in [2.45, 2.75) is 31.7 Å². The molecular formula is C40H45N9O7. The van der Waals surface area contributed by atoms with Gasteiger partial charge in [-0.3, -0.25) is 39.0 Å². The second kappa shape index (κ2) is 15.2. The van der Waals surface area contributed by atoms with Crippen LogP contribution in [0.3, 0.4) is 0 Å². The van der Waals surface area contributed by atoms with Crippen molar-refractivity contribution in [2.24, 2.45) is 13.0 Å². The second-order valence-electron chi connectivity index (χ2n) is 15.0. The Bertz CT molecular complexity index is 2070. The van der Waals surface area contributed by atoms with Crippen molar-refractivity contribution in [3.8, 4) is 0 Å². The molecule has 0 aliphatic carbocycles. The molecule has 56 heavy (non-hydrogen) atoms. The van der Waals surface area contributed by atoms with Crippen molar-refractivity contribution in [1.29, 1.82) is 0 Å². The van der Waals surface area contributed by atoms with Gasteiger partial charge in [-0.25, -0.2) is 4.79 Å². The van der Waals surface area contributed by atoms with Crippen LogP contribution in [0.5, 0.6) is 0 Å². The first-order chi connectivity index (χ1) is 27.0. The van der Waals surface area contributed by atoms with Crippen LogP contribution in [-0.4, -0.2) is 137 Å². The number of carbonyl (C=O) groups is 7. The lowest BCUT2D eigenvalue weighted by Gasteiger charge is -2.39. The molecule has 6 heterocycles. The molecule has 0 bridgehead atoms. The molecule has 5 aliphatic rings. The van der Waals surface area contributed by atoms with Gasteiger partial charge in [0.15, 0.2) is 0 Å². The third kappa shape index (κ3) is 7.06. The zero-order valence-corrected chi connectivity index (χ0v) is 31.3. The third-order valence-electron chi connectivity index (χ3n) is 11.7. The number of fused-ring (bicyclic) bond motifs is 1. The molecule has 0 spiro atoms. The minimum Gasteiger partial charge on any atom is -0.371 e. The van der Waals surface area contributed by atoms with Crippen LogP contribution >= 0.6 is 0 Å². The maximum atomic E-state index is 13.6. The van der Waals surface area contributed by atoms with Gasteiger partial charge in [0.1, 0.15) is 11.7 Å². The molecule has 4 fully saturated rings. The molecule has 16 nitrogen and oxygen atoms in total. The van der Waals surface area contributed by atoms with E-state index >= 15 is 0 Å². The minimum absolute atomic E-state index is 0.0303. The van der Waals surface area contributed by atoms with Gasteiger partial charge in [-0.2, -0.15) is 0 Å². The number of nitrogens with one attached hydrogen (secondary N) is 2. The maximum Gasteiger partial charge on any atom is 0.321 e. The highest BCUT2D eigenvalue weighted by Crippen LogP contribution is 2.32. The lowest BCUT2D eigenvalue weighted by atomic mass is 9.94. The molecule has 4 saturated heterocycles. The molecular weight excluding hydrogens is 718 g/mol. The molecule has 1 unspecified atom stereocenters. The Morgan fingerprint density at radius 3 is 1.96 bits per heavy atom. The van der Waals surface area contributed by atoms with E-state index in [1.54, 1.807) is 38.6 Å². The number of aromatic nitrogens is 1. The number of piperidine rings is 2. The minimum atomic E-state index is -1.01. The topological polar surface area (TPSA) is 168 Å². The van der Waals surface area contributed by atoms with Gasteiger partial charge in [-0.1, -0.05) is 0 Å². The average Bonchev–Trinajstić information content (AvgIpc) is 3.76. The number of piperazine rings is 2. The van der Waals surface area contributed by atoms with E-state index in [1.165, 1.54) is 0 Å². The Kier molecular flexibility index (Phi) is 9.95. The Morgan fingerprint density at radius 1 is 0.679 bits per heavy atom. The summed E-state index contributed by atoms with van der Waals surface area (Å²) < 4.78 is 1.80. The van der Waals surface area contributed by atoms with Gasteiger partial charge in [-0.05, 0) is 73.9 Å². The van der Waals surface area contributed by atoms with Crippen LogP contribution in [-0.2, 0) is 21.4 Å². The van der Waals surface area contributed by atoms with Crippen molar-refractivity contribution < 1.29 is 33.6 Å². The zero-order chi connectivity index (χ0) is 39.1. The highest BCUT2D eigenvalue weighted by molar-refractivity contribution is 6.23. The Morgan fingerprint density at radius 2 is 1.30 bits per heavy atom. The molecule has 3 aromatic rings. The van der Waals surface area contributed by atoms with E-state index in [-0.39, 0.29) is 47.7 Å². The van der Waals surface area contributed by atoms with Crippen LogP contribution in [0.1, 0.15) is 56.9 Å². The molecule has 5 aliphatic heterocycles. The molecule has 292 valence electrons. The van der Waals surface area contributed by atoms with E-state index in [0.29, 0.717) is 63.7 Å². The first kappa shape index (κ1) is 36.8. The van der Waals surface area contributed by atoms with Crippen LogP contribution in [0, 0.1) is 5.92 Å². The normalized spacial score (nSPS) is 20.7. The fraction of sp³-hybridized carbons (Fsp3) is 0.425. The molecule has 1 atom stereocenters. The first-order valence-electron chi connectivity index (χ1n) is 19.3. The van der Waals surface area contributed by atoms with Gasteiger partial charge in [0.2, 0.25) is 17.7 Å². The van der Waals surface area contributed by atoms with E-state index < -0.39 is 29.7 Å². The monoisotopic (exact) mass is 763 g/mol. The summed E-state index contributed by atoms with van der Waals surface area (Å²) >= 11 is 0. The number of hydrogen-bond donors (Lipinski definition) is 2. The Hall–Kier alpha value is -6.19. The van der Waals surface area contributed by atoms with Crippen LogP contribution in [0.2, 0.25) is 0 Å². The van der Waals surface area contributed by atoms with Crippen LogP contribution in [0.15, 0.2) is 60.8 Å². The van der Waals surface area contributed by atoms with Gasteiger partial charge >= 0.3 is 6.03 Å². The number of aryl methyl sites for hydroxylation is 1. The number of hydrogen-bond acceptors (Lipinski definition) is 9. The molecule has 1 aromatic heterocycles. The van der Waals surface area contributed by atoms with Crippen LogP contribution < -0.4 is 20.4 Å². The lowest BCUT2D eigenvalue weighted by Crippen LogP contribution is -2.54. The summed E-state index contributed by atoms with van der Waals surface area (Å²) in [5, 5.41) is 5.20. The summed E-state index contributed by atoms with van der Waals surface area (Å²) in [7, 11) is 1.84. The number of anilines is 3. The summed E-state index contributed by atoms with van der Waals surface area (Å²) in [6.07, 6.45) is 3.49. The number of urea groups is 1. The van der Waals surface area contributed by atoms with Crippen molar-refractivity contribution in [3.05, 3.63) is 77.6 Å². The highest BCUT2D eigenvalue weighted by Gasteiger charge is 2.45. The van der Waals surface area contributed by atoms with Crippen molar-refractivity contribution in [1.82, 2.24) is 29.5 Å². The van der Waals surface area contributed by atoms with Crippen molar-refractivity contribution in [3.63, 3.8) is 0 Å². The predicted molar refractivity (Wildman–Crippen MR) is 205 cm³/mol. The fourth-order valence-electron chi connectivity index (χ4n) is 8.40. The molecule has 16 heteroatoms. The van der Waals surface area contributed by atoms with Gasteiger partial charge in [0.25, 0.3) is 17.7 Å². The van der Waals surface area contributed by atoms with Crippen LogP contribution in [0.4, 0.5) is 21.9 Å². The highest BCUT2D eigenvalue weighted by atomic mass is 16.2. The smallest absolute Gasteiger partial charge is 0.321 e. The first-order valence-corrected chi connectivity index (χ1v) is 19.3. The molecule has 8 rings (SSSR count). The fourth-order valence-corrected chi connectivity index (χ4v) is 8.40. The van der Waals surface area contributed by atoms with E-state index in [9.17, 15) is 33.6 Å². The maximum absolute atomic E-state index is 13.6. The summed E-state index contributed by atoms with van der Waals surface area (Å²) in [6, 6.07) is 15.3. The van der Waals surface area contributed by atoms with Gasteiger partial charge in [-0.15, -0.1) is 0 Å². The van der Waals surface area contributed by atoms with E-state index in [4.69, 9.17) is 0 Å².